The molecule has 0 radical (unpaired) electrons. The average molecular weight is 418 g/mol. The van der Waals surface area contributed by atoms with Gasteiger partial charge in [0.25, 0.3) is 0 Å². The number of rotatable bonds is 8. The van der Waals surface area contributed by atoms with Gasteiger partial charge in [-0.3, -0.25) is 4.79 Å². The summed E-state index contributed by atoms with van der Waals surface area (Å²) in [5, 5.41) is 0. The van der Waals surface area contributed by atoms with Gasteiger partial charge in [-0.15, -0.1) is 12.4 Å². The summed E-state index contributed by atoms with van der Waals surface area (Å²) in [6.45, 7) is 6.22. The lowest BCUT2D eigenvalue weighted by Gasteiger charge is -2.34. The van der Waals surface area contributed by atoms with Gasteiger partial charge in [0.1, 0.15) is 0 Å². The fourth-order valence-electron chi connectivity index (χ4n) is 3.13. The van der Waals surface area contributed by atoms with Crippen LogP contribution in [0.4, 0.5) is 0 Å². The molecular weight excluding hydrogens is 386 g/mol. The highest BCUT2D eigenvalue weighted by Gasteiger charge is 2.30. The summed E-state index contributed by atoms with van der Waals surface area (Å²) in [4.78, 5) is 14.4. The van der Waals surface area contributed by atoms with Crippen molar-refractivity contribution in [1.29, 1.82) is 0 Å². The highest BCUT2D eigenvalue weighted by atomic mass is 35.5. The van der Waals surface area contributed by atoms with Crippen LogP contribution in [0, 0.1) is 13.8 Å². The van der Waals surface area contributed by atoms with E-state index in [1.54, 1.807) is 17.0 Å². The molecule has 1 amide bonds. The predicted octanol–water partition coefficient (Wildman–Crippen LogP) is 2.47. The summed E-state index contributed by atoms with van der Waals surface area (Å²) >= 11 is 0. The van der Waals surface area contributed by atoms with E-state index < -0.39 is 10.0 Å². The smallest absolute Gasteiger partial charge is 0.243 e. The van der Waals surface area contributed by atoms with Crippen LogP contribution in [0.2, 0.25) is 0 Å². The van der Waals surface area contributed by atoms with Crippen molar-refractivity contribution in [2.45, 2.75) is 50.8 Å². The van der Waals surface area contributed by atoms with Crippen LogP contribution in [0.25, 0.3) is 0 Å². The van der Waals surface area contributed by atoms with E-state index in [4.69, 9.17) is 5.73 Å². The number of hydrogen-bond donors (Lipinski definition) is 1. The third-order valence-corrected chi connectivity index (χ3v) is 6.95. The standard InChI is InChI=1S/C19H31N3O3S.ClH/c1-16-8-9-18(15-17(16)2)26(24,25)22-13-11-21(12-14-22)19(23)7-5-3-4-6-10-20;/h8-9,15H,3-7,10-14,20H2,1-2H3;1H. The predicted molar refractivity (Wildman–Crippen MR) is 111 cm³/mol. The Morgan fingerprint density at radius 1 is 1.00 bits per heavy atom. The van der Waals surface area contributed by atoms with Gasteiger partial charge in [-0.05, 0) is 56.5 Å². The van der Waals surface area contributed by atoms with Crippen LogP contribution in [0.1, 0.15) is 43.2 Å². The van der Waals surface area contributed by atoms with Crippen molar-refractivity contribution in [2.24, 2.45) is 5.73 Å². The Hall–Kier alpha value is -1.15. The molecule has 1 aromatic rings. The van der Waals surface area contributed by atoms with E-state index in [1.165, 1.54) is 4.31 Å². The van der Waals surface area contributed by atoms with E-state index in [-0.39, 0.29) is 18.3 Å². The molecule has 1 fully saturated rings. The van der Waals surface area contributed by atoms with Gasteiger partial charge in [0, 0.05) is 32.6 Å². The van der Waals surface area contributed by atoms with Crippen molar-refractivity contribution < 1.29 is 13.2 Å². The molecule has 6 nitrogen and oxygen atoms in total. The molecule has 0 spiro atoms. The fourth-order valence-corrected chi connectivity index (χ4v) is 4.64. The molecule has 1 saturated heterocycles. The molecule has 154 valence electrons. The lowest BCUT2D eigenvalue weighted by atomic mass is 10.1. The Morgan fingerprint density at radius 3 is 2.22 bits per heavy atom. The van der Waals surface area contributed by atoms with Gasteiger partial charge in [0.05, 0.1) is 4.90 Å². The number of carbonyl (C=O) groups is 1. The van der Waals surface area contributed by atoms with Gasteiger partial charge in [-0.2, -0.15) is 4.31 Å². The molecule has 0 atom stereocenters. The number of amides is 1. The van der Waals surface area contributed by atoms with E-state index in [0.29, 0.717) is 44.0 Å². The number of carbonyl (C=O) groups excluding carboxylic acids is 1. The maximum Gasteiger partial charge on any atom is 0.243 e. The number of halogens is 1. The largest absolute Gasteiger partial charge is 0.340 e. The molecule has 1 aliphatic rings. The van der Waals surface area contributed by atoms with E-state index in [1.807, 2.05) is 19.9 Å². The zero-order valence-electron chi connectivity index (χ0n) is 16.3. The Kier molecular flexibility index (Phi) is 9.73. The molecule has 0 aromatic heterocycles. The SMILES string of the molecule is Cc1ccc(S(=O)(=O)N2CCN(C(=O)CCCCCCN)CC2)cc1C.Cl. The Balaban J connectivity index is 0.00000364. The van der Waals surface area contributed by atoms with Crippen LogP contribution >= 0.6 is 12.4 Å². The number of nitrogens with two attached hydrogens (primary N) is 1. The van der Waals surface area contributed by atoms with E-state index in [0.717, 1.165) is 36.8 Å². The first-order chi connectivity index (χ1) is 12.4. The first-order valence-corrected chi connectivity index (χ1v) is 10.9. The molecule has 2 N–H and O–H groups in total. The highest BCUT2D eigenvalue weighted by Crippen LogP contribution is 2.20. The molecular formula is C19H32ClN3O3S. The second-order valence-corrected chi connectivity index (χ2v) is 8.92. The Bertz CT molecular complexity index is 717. The van der Waals surface area contributed by atoms with E-state index >= 15 is 0 Å². The molecule has 1 aliphatic heterocycles. The van der Waals surface area contributed by atoms with Gasteiger partial charge in [-0.1, -0.05) is 18.9 Å². The Labute approximate surface area is 169 Å². The zero-order chi connectivity index (χ0) is 19.2. The number of benzene rings is 1. The summed E-state index contributed by atoms with van der Waals surface area (Å²) in [6.07, 6.45) is 4.49. The normalized spacial score (nSPS) is 15.4. The molecule has 0 bridgehead atoms. The number of aryl methyl sites for hydroxylation is 2. The molecule has 1 heterocycles. The Morgan fingerprint density at radius 2 is 1.63 bits per heavy atom. The van der Waals surface area contributed by atoms with Crippen molar-refractivity contribution in [3.05, 3.63) is 29.3 Å². The van der Waals surface area contributed by atoms with Gasteiger partial charge < -0.3 is 10.6 Å². The van der Waals surface area contributed by atoms with Crippen molar-refractivity contribution in [3.8, 4) is 0 Å². The fraction of sp³-hybridized carbons (Fsp3) is 0.632. The van der Waals surface area contributed by atoms with Crippen molar-refractivity contribution >= 4 is 28.3 Å². The van der Waals surface area contributed by atoms with Gasteiger partial charge >= 0.3 is 0 Å². The summed E-state index contributed by atoms with van der Waals surface area (Å²) in [5.41, 5.74) is 7.51. The summed E-state index contributed by atoms with van der Waals surface area (Å²) in [6, 6.07) is 5.23. The molecule has 0 saturated carbocycles. The van der Waals surface area contributed by atoms with Gasteiger partial charge in [0.15, 0.2) is 0 Å². The lowest BCUT2D eigenvalue weighted by Crippen LogP contribution is -2.50. The minimum atomic E-state index is -3.49. The minimum Gasteiger partial charge on any atom is -0.340 e. The van der Waals surface area contributed by atoms with Crippen molar-refractivity contribution in [1.82, 2.24) is 9.21 Å². The molecule has 0 unspecified atom stereocenters. The maximum absolute atomic E-state index is 12.8. The number of nitrogens with zero attached hydrogens (tertiary/aromatic N) is 2. The quantitative estimate of drug-likeness (QED) is 0.658. The minimum absolute atomic E-state index is 0. The molecule has 27 heavy (non-hydrogen) atoms. The van der Waals surface area contributed by atoms with E-state index in [9.17, 15) is 13.2 Å². The number of piperazine rings is 1. The number of sulfonamides is 1. The van der Waals surface area contributed by atoms with Crippen LogP contribution in [-0.2, 0) is 14.8 Å². The van der Waals surface area contributed by atoms with Crippen LogP contribution < -0.4 is 5.73 Å². The summed E-state index contributed by atoms with van der Waals surface area (Å²) < 4.78 is 27.1. The third-order valence-electron chi connectivity index (χ3n) is 5.05. The number of hydrogen-bond acceptors (Lipinski definition) is 4. The summed E-state index contributed by atoms with van der Waals surface area (Å²) in [7, 11) is -3.49. The van der Waals surface area contributed by atoms with Crippen LogP contribution in [0.3, 0.4) is 0 Å². The highest BCUT2D eigenvalue weighted by molar-refractivity contribution is 7.89. The molecule has 2 rings (SSSR count). The van der Waals surface area contributed by atoms with Crippen LogP contribution in [-0.4, -0.2) is 56.3 Å². The molecule has 0 aliphatic carbocycles. The second-order valence-electron chi connectivity index (χ2n) is 6.98. The maximum atomic E-state index is 12.8. The van der Waals surface area contributed by atoms with E-state index in [2.05, 4.69) is 0 Å². The van der Waals surface area contributed by atoms with Crippen LogP contribution in [0.15, 0.2) is 23.1 Å². The van der Waals surface area contributed by atoms with Gasteiger partial charge in [-0.25, -0.2) is 8.42 Å². The third kappa shape index (κ3) is 6.45. The second kappa shape index (κ2) is 11.0. The van der Waals surface area contributed by atoms with Crippen LogP contribution in [0.5, 0.6) is 0 Å². The van der Waals surface area contributed by atoms with Gasteiger partial charge in [0.2, 0.25) is 15.9 Å². The first-order valence-electron chi connectivity index (χ1n) is 9.41. The topological polar surface area (TPSA) is 83.7 Å². The monoisotopic (exact) mass is 417 g/mol. The average Bonchev–Trinajstić information content (AvgIpc) is 2.63. The zero-order valence-corrected chi connectivity index (χ0v) is 17.9. The van der Waals surface area contributed by atoms with Crippen molar-refractivity contribution in [2.75, 3.05) is 32.7 Å². The summed E-state index contributed by atoms with van der Waals surface area (Å²) in [5.74, 6) is 0.126. The van der Waals surface area contributed by atoms with Crippen molar-refractivity contribution in [3.63, 3.8) is 0 Å². The molecule has 1 aromatic carbocycles. The number of unbranched alkanes of at least 4 members (excludes halogenated alkanes) is 3. The lowest BCUT2D eigenvalue weighted by molar-refractivity contribution is -0.132. The molecule has 8 heteroatoms. The first kappa shape index (κ1) is 23.9.